The highest BCUT2D eigenvalue weighted by Crippen LogP contribution is 2.35. The van der Waals surface area contributed by atoms with E-state index in [-0.39, 0.29) is 22.1 Å². The van der Waals surface area contributed by atoms with Crippen molar-refractivity contribution >= 4 is 23.4 Å². The molecule has 1 N–H and O–H groups in total. The molecule has 25 heavy (non-hydrogen) atoms. The molecule has 1 heterocycles. The molecule has 0 spiro atoms. The maximum absolute atomic E-state index is 13.0. The summed E-state index contributed by atoms with van der Waals surface area (Å²) in [4.78, 5) is 19.7. The second kappa shape index (κ2) is 6.87. The number of nitrogens with zero attached hydrogens (tertiary/aromatic N) is 2. The number of carbonyl (C=O) groups is 1. The maximum Gasteiger partial charge on any atom is 0.416 e. The fourth-order valence-electron chi connectivity index (χ4n) is 1.94. The Hall–Kier alpha value is -2.35. The van der Waals surface area contributed by atoms with Crippen molar-refractivity contribution in [2.24, 2.45) is 0 Å². The molecule has 0 atom stereocenters. The largest absolute Gasteiger partial charge is 0.444 e. The van der Waals surface area contributed by atoms with Crippen LogP contribution in [0.3, 0.4) is 0 Å². The van der Waals surface area contributed by atoms with Gasteiger partial charge in [-0.25, -0.2) is 14.8 Å². The topological polar surface area (TPSA) is 64.1 Å². The Kier molecular flexibility index (Phi) is 5.22. The number of carbonyl (C=O) groups excluding carboxylic acids is 1. The Bertz CT molecular complexity index is 789. The van der Waals surface area contributed by atoms with Crippen molar-refractivity contribution in [2.45, 2.75) is 32.5 Å². The summed E-state index contributed by atoms with van der Waals surface area (Å²) in [6.07, 6.45) is -4.27. The van der Waals surface area contributed by atoms with E-state index in [0.29, 0.717) is 0 Å². The zero-order valence-corrected chi connectivity index (χ0v) is 14.4. The first-order chi connectivity index (χ1) is 11.5. The van der Waals surface area contributed by atoms with Gasteiger partial charge >= 0.3 is 12.3 Å². The molecule has 0 aliphatic carbocycles. The molecule has 1 aromatic carbocycles. The van der Waals surface area contributed by atoms with Gasteiger partial charge in [0.2, 0.25) is 0 Å². The van der Waals surface area contributed by atoms with Gasteiger partial charge in [-0.3, -0.25) is 5.32 Å². The third-order valence-corrected chi connectivity index (χ3v) is 3.10. The predicted molar refractivity (Wildman–Crippen MR) is 87.3 cm³/mol. The summed E-state index contributed by atoms with van der Waals surface area (Å²) in [5.74, 6) is 0. The average molecular weight is 374 g/mol. The first kappa shape index (κ1) is 19.0. The summed E-state index contributed by atoms with van der Waals surface area (Å²) in [7, 11) is 0. The van der Waals surface area contributed by atoms with E-state index in [1.807, 2.05) is 0 Å². The van der Waals surface area contributed by atoms with Crippen LogP contribution in [0, 0.1) is 0 Å². The third-order valence-electron chi connectivity index (χ3n) is 2.89. The Labute approximate surface area is 147 Å². The highest BCUT2D eigenvalue weighted by Gasteiger charge is 2.31. The summed E-state index contributed by atoms with van der Waals surface area (Å²) in [5.41, 5.74) is -1.30. The number of amides is 1. The molecule has 0 saturated carbocycles. The van der Waals surface area contributed by atoms with E-state index >= 15 is 0 Å². The fraction of sp³-hybridized carbons (Fsp3) is 0.312. The molecule has 1 amide bonds. The minimum absolute atomic E-state index is 0.0983. The first-order valence-electron chi connectivity index (χ1n) is 7.15. The van der Waals surface area contributed by atoms with Gasteiger partial charge < -0.3 is 4.74 Å². The van der Waals surface area contributed by atoms with E-state index in [1.54, 1.807) is 20.8 Å². The van der Waals surface area contributed by atoms with Crippen LogP contribution < -0.4 is 5.32 Å². The van der Waals surface area contributed by atoms with E-state index < -0.39 is 23.4 Å². The lowest BCUT2D eigenvalue weighted by molar-refractivity contribution is -0.137. The lowest BCUT2D eigenvalue weighted by Gasteiger charge is -2.21. The predicted octanol–water partition coefficient (Wildman–Crippen LogP) is 5.16. The Morgan fingerprint density at radius 3 is 2.40 bits per heavy atom. The van der Waals surface area contributed by atoms with Crippen LogP contribution >= 0.6 is 11.6 Å². The minimum atomic E-state index is -4.56. The van der Waals surface area contributed by atoms with Crippen LogP contribution in [0.15, 0.2) is 30.6 Å². The Morgan fingerprint density at radius 1 is 1.16 bits per heavy atom. The van der Waals surface area contributed by atoms with Crippen molar-refractivity contribution in [1.29, 1.82) is 0 Å². The van der Waals surface area contributed by atoms with Crippen LogP contribution in [-0.2, 0) is 10.9 Å². The zero-order valence-electron chi connectivity index (χ0n) is 13.6. The number of rotatable bonds is 2. The van der Waals surface area contributed by atoms with Crippen LogP contribution in [0.25, 0.3) is 11.3 Å². The number of hydrogen-bond donors (Lipinski definition) is 1. The SMILES string of the molecule is CC(C)(C)OC(=O)Nc1cc(C(F)(F)F)ccc1-c1cc(Cl)ncn1. The number of aromatic nitrogens is 2. The molecule has 0 fully saturated rings. The van der Waals surface area contributed by atoms with Gasteiger partial charge in [0.05, 0.1) is 16.9 Å². The minimum Gasteiger partial charge on any atom is -0.444 e. The Morgan fingerprint density at radius 2 is 1.84 bits per heavy atom. The van der Waals surface area contributed by atoms with E-state index in [9.17, 15) is 18.0 Å². The van der Waals surface area contributed by atoms with Crippen LogP contribution in [0.1, 0.15) is 26.3 Å². The zero-order chi connectivity index (χ0) is 18.8. The van der Waals surface area contributed by atoms with E-state index in [1.165, 1.54) is 18.5 Å². The van der Waals surface area contributed by atoms with Gasteiger partial charge in [0, 0.05) is 11.6 Å². The molecule has 134 valence electrons. The fourth-order valence-corrected chi connectivity index (χ4v) is 2.09. The van der Waals surface area contributed by atoms with Crippen molar-refractivity contribution < 1.29 is 22.7 Å². The molecule has 0 unspecified atom stereocenters. The number of hydrogen-bond acceptors (Lipinski definition) is 4. The van der Waals surface area contributed by atoms with Crippen molar-refractivity contribution in [3.05, 3.63) is 41.3 Å². The third kappa shape index (κ3) is 5.32. The second-order valence-electron chi connectivity index (χ2n) is 6.11. The quantitative estimate of drug-likeness (QED) is 0.738. The molecule has 0 saturated heterocycles. The van der Waals surface area contributed by atoms with Gasteiger partial charge in [-0.2, -0.15) is 13.2 Å². The number of anilines is 1. The second-order valence-corrected chi connectivity index (χ2v) is 6.50. The number of ether oxygens (including phenoxy) is 1. The van der Waals surface area contributed by atoms with Crippen LogP contribution in [0.2, 0.25) is 5.15 Å². The molecule has 1 aromatic heterocycles. The molecule has 0 aliphatic heterocycles. The smallest absolute Gasteiger partial charge is 0.416 e. The number of halogens is 4. The average Bonchev–Trinajstić information content (AvgIpc) is 2.44. The number of nitrogens with one attached hydrogen (secondary N) is 1. The summed E-state index contributed by atoms with van der Waals surface area (Å²) < 4.78 is 44.0. The van der Waals surface area contributed by atoms with Gasteiger partial charge in [-0.05, 0) is 32.9 Å². The summed E-state index contributed by atoms with van der Waals surface area (Å²) >= 11 is 5.80. The van der Waals surface area contributed by atoms with Crippen molar-refractivity contribution in [3.8, 4) is 11.3 Å². The lowest BCUT2D eigenvalue weighted by atomic mass is 10.1. The summed E-state index contributed by atoms with van der Waals surface area (Å²) in [6, 6.07) is 4.29. The van der Waals surface area contributed by atoms with Gasteiger partial charge in [0.1, 0.15) is 17.1 Å². The van der Waals surface area contributed by atoms with Crippen molar-refractivity contribution in [3.63, 3.8) is 0 Å². The van der Waals surface area contributed by atoms with Gasteiger partial charge in [0.15, 0.2) is 0 Å². The molecule has 0 radical (unpaired) electrons. The maximum atomic E-state index is 13.0. The summed E-state index contributed by atoms with van der Waals surface area (Å²) in [5, 5.41) is 2.45. The number of benzene rings is 1. The Balaban J connectivity index is 2.47. The molecule has 0 bridgehead atoms. The van der Waals surface area contributed by atoms with E-state index in [2.05, 4.69) is 15.3 Å². The molecular formula is C16H15ClF3N3O2. The van der Waals surface area contributed by atoms with E-state index in [0.717, 1.165) is 12.1 Å². The van der Waals surface area contributed by atoms with Crippen LogP contribution in [0.4, 0.5) is 23.7 Å². The summed E-state index contributed by atoms with van der Waals surface area (Å²) in [6.45, 7) is 4.93. The monoisotopic (exact) mass is 373 g/mol. The van der Waals surface area contributed by atoms with Crippen molar-refractivity contribution in [2.75, 3.05) is 5.32 Å². The van der Waals surface area contributed by atoms with Gasteiger partial charge in [0.25, 0.3) is 0 Å². The highest BCUT2D eigenvalue weighted by molar-refractivity contribution is 6.29. The molecule has 0 aliphatic rings. The van der Waals surface area contributed by atoms with Gasteiger partial charge in [-0.15, -0.1) is 0 Å². The number of alkyl halides is 3. The molecule has 2 rings (SSSR count). The highest BCUT2D eigenvalue weighted by atomic mass is 35.5. The van der Waals surface area contributed by atoms with Crippen molar-refractivity contribution in [1.82, 2.24) is 9.97 Å². The van der Waals surface area contributed by atoms with Gasteiger partial charge in [-0.1, -0.05) is 17.7 Å². The lowest BCUT2D eigenvalue weighted by Crippen LogP contribution is -2.27. The molecular weight excluding hydrogens is 359 g/mol. The molecule has 2 aromatic rings. The van der Waals surface area contributed by atoms with Crippen LogP contribution in [-0.4, -0.2) is 21.7 Å². The molecule has 9 heteroatoms. The van der Waals surface area contributed by atoms with Crippen LogP contribution in [0.5, 0.6) is 0 Å². The standard InChI is InChI=1S/C16H15ClF3N3O2/c1-15(2,3)25-14(24)23-12-6-9(16(18,19)20)4-5-10(12)11-7-13(17)22-8-21-11/h4-8H,1-3H3,(H,23,24). The first-order valence-corrected chi connectivity index (χ1v) is 7.53. The molecule has 5 nitrogen and oxygen atoms in total. The van der Waals surface area contributed by atoms with E-state index in [4.69, 9.17) is 16.3 Å². The normalized spacial score (nSPS) is 12.0.